The van der Waals surface area contributed by atoms with Crippen molar-refractivity contribution in [3.05, 3.63) is 64.7 Å². The van der Waals surface area contributed by atoms with Gasteiger partial charge in [0, 0.05) is 17.2 Å². The van der Waals surface area contributed by atoms with E-state index < -0.39 is 0 Å². The van der Waals surface area contributed by atoms with E-state index in [4.69, 9.17) is 5.26 Å². The lowest BCUT2D eigenvalue weighted by Crippen LogP contribution is -2.11. The zero-order valence-electron chi connectivity index (χ0n) is 12.5. The molecule has 0 spiro atoms. The summed E-state index contributed by atoms with van der Waals surface area (Å²) in [6.45, 7) is 6.10. The van der Waals surface area contributed by atoms with E-state index in [-0.39, 0.29) is 0 Å². The van der Waals surface area contributed by atoms with Gasteiger partial charge in [0.15, 0.2) is 0 Å². The third-order valence-electron chi connectivity index (χ3n) is 3.37. The van der Waals surface area contributed by atoms with Gasteiger partial charge >= 0.3 is 0 Å². The van der Waals surface area contributed by atoms with Crippen molar-refractivity contribution < 1.29 is 0 Å². The summed E-state index contributed by atoms with van der Waals surface area (Å²) in [5, 5.41) is 12.2. The predicted molar refractivity (Wildman–Crippen MR) is 89.3 cm³/mol. The highest BCUT2D eigenvalue weighted by molar-refractivity contribution is 7.98. The van der Waals surface area contributed by atoms with Crippen molar-refractivity contribution in [1.29, 1.82) is 5.26 Å². The molecule has 0 aromatic heterocycles. The number of nitriles is 1. The number of hydrogen-bond acceptors (Lipinski definition) is 3. The first-order chi connectivity index (χ1) is 10.2. The van der Waals surface area contributed by atoms with E-state index in [1.165, 1.54) is 21.6 Å². The van der Waals surface area contributed by atoms with Crippen molar-refractivity contribution >= 4 is 11.8 Å². The summed E-state index contributed by atoms with van der Waals surface area (Å²) in [7, 11) is 0. The lowest BCUT2D eigenvalue weighted by molar-refractivity contribution is 0.726. The molecule has 2 rings (SSSR count). The number of nitrogens with one attached hydrogen (secondary N) is 1. The van der Waals surface area contributed by atoms with E-state index >= 15 is 0 Å². The molecular weight excluding hydrogens is 276 g/mol. The van der Waals surface area contributed by atoms with E-state index in [9.17, 15) is 0 Å². The van der Waals surface area contributed by atoms with Crippen LogP contribution in [-0.4, -0.2) is 6.54 Å². The topological polar surface area (TPSA) is 35.8 Å². The van der Waals surface area contributed by atoms with Gasteiger partial charge in [-0.2, -0.15) is 5.26 Å². The van der Waals surface area contributed by atoms with E-state index in [0.29, 0.717) is 0 Å². The standard InChI is InChI=1S/C18H20N2S/c1-3-20-12-15-5-8-18(9-6-15)21-13-17-7-4-16(11-19)10-14(17)2/h4-10,20H,3,12-13H2,1-2H3. The molecule has 0 bridgehead atoms. The molecule has 0 heterocycles. The predicted octanol–water partition coefficient (Wildman–Crippen LogP) is 4.27. The number of hydrogen-bond donors (Lipinski definition) is 1. The van der Waals surface area contributed by atoms with E-state index in [1.54, 1.807) is 0 Å². The van der Waals surface area contributed by atoms with Gasteiger partial charge in [-0.15, -0.1) is 11.8 Å². The first-order valence-corrected chi connectivity index (χ1v) is 8.13. The van der Waals surface area contributed by atoms with Crippen LogP contribution in [0.2, 0.25) is 0 Å². The van der Waals surface area contributed by atoms with E-state index in [0.717, 1.165) is 24.4 Å². The Morgan fingerprint density at radius 1 is 1.14 bits per heavy atom. The second-order valence-electron chi connectivity index (χ2n) is 4.97. The number of nitrogens with zero attached hydrogens (tertiary/aromatic N) is 1. The van der Waals surface area contributed by atoms with Crippen LogP contribution in [0.25, 0.3) is 0 Å². The Morgan fingerprint density at radius 2 is 1.90 bits per heavy atom. The smallest absolute Gasteiger partial charge is 0.0991 e. The van der Waals surface area contributed by atoms with Gasteiger partial charge < -0.3 is 5.32 Å². The molecule has 108 valence electrons. The second-order valence-corrected chi connectivity index (χ2v) is 6.01. The third kappa shape index (κ3) is 4.63. The molecule has 0 fully saturated rings. The van der Waals surface area contributed by atoms with Crippen molar-refractivity contribution in [2.75, 3.05) is 6.54 Å². The molecule has 3 heteroatoms. The molecular formula is C18H20N2S. The van der Waals surface area contributed by atoms with Gasteiger partial charge in [0.25, 0.3) is 0 Å². The van der Waals surface area contributed by atoms with Gasteiger partial charge in [0.1, 0.15) is 0 Å². The summed E-state index contributed by atoms with van der Waals surface area (Å²) in [6.07, 6.45) is 0. The Kier molecular flexibility index (Phi) is 5.86. The molecule has 0 radical (unpaired) electrons. The summed E-state index contributed by atoms with van der Waals surface area (Å²) in [5.41, 5.74) is 4.52. The highest BCUT2D eigenvalue weighted by Gasteiger charge is 2.02. The Morgan fingerprint density at radius 3 is 2.52 bits per heavy atom. The molecule has 0 saturated carbocycles. The number of aryl methyl sites for hydroxylation is 1. The molecule has 21 heavy (non-hydrogen) atoms. The maximum Gasteiger partial charge on any atom is 0.0991 e. The zero-order chi connectivity index (χ0) is 15.1. The lowest BCUT2D eigenvalue weighted by atomic mass is 10.1. The van der Waals surface area contributed by atoms with Gasteiger partial charge in [0.2, 0.25) is 0 Å². The average molecular weight is 296 g/mol. The molecule has 0 amide bonds. The van der Waals surface area contributed by atoms with Gasteiger partial charge in [0.05, 0.1) is 11.6 Å². The maximum atomic E-state index is 8.89. The van der Waals surface area contributed by atoms with Crippen LogP contribution in [0.1, 0.15) is 29.2 Å². The van der Waals surface area contributed by atoms with Crippen LogP contribution in [0.3, 0.4) is 0 Å². The van der Waals surface area contributed by atoms with Gasteiger partial charge in [-0.25, -0.2) is 0 Å². The van der Waals surface area contributed by atoms with Crippen molar-refractivity contribution in [2.45, 2.75) is 31.0 Å². The van der Waals surface area contributed by atoms with Crippen molar-refractivity contribution in [3.8, 4) is 6.07 Å². The van der Waals surface area contributed by atoms with E-state index in [2.05, 4.69) is 55.6 Å². The molecule has 2 nitrogen and oxygen atoms in total. The zero-order valence-corrected chi connectivity index (χ0v) is 13.3. The van der Waals surface area contributed by atoms with Crippen LogP contribution in [0, 0.1) is 18.3 Å². The summed E-state index contributed by atoms with van der Waals surface area (Å²) in [5.74, 6) is 0.935. The maximum absolute atomic E-state index is 8.89. The molecule has 2 aromatic carbocycles. The van der Waals surface area contributed by atoms with Gasteiger partial charge in [-0.05, 0) is 54.4 Å². The largest absolute Gasteiger partial charge is 0.313 e. The Labute approximate surface area is 131 Å². The van der Waals surface area contributed by atoms with Crippen LogP contribution < -0.4 is 5.32 Å². The second kappa shape index (κ2) is 7.87. The number of thioether (sulfide) groups is 1. The molecule has 0 unspecified atom stereocenters. The minimum Gasteiger partial charge on any atom is -0.313 e. The molecule has 2 aromatic rings. The first-order valence-electron chi connectivity index (χ1n) is 7.15. The van der Waals surface area contributed by atoms with Crippen molar-refractivity contribution in [1.82, 2.24) is 5.32 Å². The van der Waals surface area contributed by atoms with Crippen LogP contribution in [0.5, 0.6) is 0 Å². The monoisotopic (exact) mass is 296 g/mol. The molecule has 0 aliphatic rings. The molecule has 0 saturated heterocycles. The summed E-state index contributed by atoms with van der Waals surface area (Å²) in [4.78, 5) is 1.28. The highest BCUT2D eigenvalue weighted by Crippen LogP contribution is 2.25. The number of rotatable bonds is 6. The van der Waals surface area contributed by atoms with E-state index in [1.807, 2.05) is 23.9 Å². The number of benzene rings is 2. The average Bonchev–Trinajstić information content (AvgIpc) is 2.52. The fraction of sp³-hybridized carbons (Fsp3) is 0.278. The van der Waals surface area contributed by atoms with Crippen LogP contribution in [0.15, 0.2) is 47.4 Å². The fourth-order valence-corrected chi connectivity index (χ4v) is 3.04. The minimum absolute atomic E-state index is 0.731. The first kappa shape index (κ1) is 15.6. The summed E-state index contributed by atoms with van der Waals surface area (Å²) < 4.78 is 0. The van der Waals surface area contributed by atoms with Crippen molar-refractivity contribution in [3.63, 3.8) is 0 Å². The quantitative estimate of drug-likeness (QED) is 0.809. The van der Waals surface area contributed by atoms with Gasteiger partial charge in [-0.3, -0.25) is 0 Å². The molecule has 0 aliphatic heterocycles. The normalized spacial score (nSPS) is 10.3. The Balaban J connectivity index is 1.95. The molecule has 0 atom stereocenters. The SMILES string of the molecule is CCNCc1ccc(SCc2ccc(C#N)cc2C)cc1. The summed E-state index contributed by atoms with van der Waals surface area (Å²) >= 11 is 1.83. The third-order valence-corrected chi connectivity index (χ3v) is 4.43. The minimum atomic E-state index is 0.731. The highest BCUT2D eigenvalue weighted by atomic mass is 32.2. The van der Waals surface area contributed by atoms with Crippen LogP contribution in [0.4, 0.5) is 0 Å². The molecule has 1 N–H and O–H groups in total. The summed E-state index contributed by atoms with van der Waals surface area (Å²) in [6, 6.07) is 16.8. The van der Waals surface area contributed by atoms with Crippen LogP contribution in [-0.2, 0) is 12.3 Å². The van der Waals surface area contributed by atoms with Crippen LogP contribution >= 0.6 is 11.8 Å². The Hall–Kier alpha value is -1.76. The molecule has 0 aliphatic carbocycles. The fourth-order valence-electron chi connectivity index (χ4n) is 2.06. The van der Waals surface area contributed by atoms with Crippen molar-refractivity contribution in [2.24, 2.45) is 0 Å². The Bertz CT molecular complexity index is 627. The lowest BCUT2D eigenvalue weighted by Gasteiger charge is -2.07. The van der Waals surface area contributed by atoms with Gasteiger partial charge in [-0.1, -0.05) is 25.1 Å².